The number of aromatic nitrogens is 1. The van der Waals surface area contributed by atoms with Gasteiger partial charge in [-0.1, -0.05) is 36.4 Å². The monoisotopic (exact) mass is 602 g/mol. The molecule has 1 unspecified atom stereocenters. The third-order valence-corrected chi connectivity index (χ3v) is 5.52. The summed E-state index contributed by atoms with van der Waals surface area (Å²) in [6.45, 7) is 1.33. The largest absolute Gasteiger partial charge is 1.00 e. The molecule has 1 aliphatic rings. The smallest absolute Gasteiger partial charge is 0.418 e. The standard InChI is InChI=1S/C26H21F3N6O3.BrH/c1-17-22(25(38)35(33-17)18-10-4-2-5-11-18)23(32-31-21(36)16-34-14-8-3-9-15-34)24(37)30-20-13-7-6-12-19(20)26(27,28)29;/h2-15,22H,16H2,1H3,(H-,30,31,36,37);1H. The Morgan fingerprint density at radius 2 is 1.62 bits per heavy atom. The number of anilines is 2. The third-order valence-electron chi connectivity index (χ3n) is 5.52. The van der Waals surface area contributed by atoms with Crippen LogP contribution in [0.1, 0.15) is 12.5 Å². The third kappa shape index (κ3) is 6.93. The molecule has 0 fully saturated rings. The molecule has 1 atom stereocenters. The number of hydrogen-bond acceptors (Lipinski definition) is 5. The molecular formula is C26H22BrF3N6O3. The van der Waals surface area contributed by atoms with Crippen LogP contribution in [-0.4, -0.2) is 29.1 Å². The summed E-state index contributed by atoms with van der Waals surface area (Å²) in [6.07, 6.45) is -1.47. The summed E-state index contributed by atoms with van der Waals surface area (Å²) >= 11 is 0. The second kappa shape index (κ2) is 12.4. The Bertz CT molecular complexity index is 1420. The number of benzene rings is 2. The summed E-state index contributed by atoms with van der Waals surface area (Å²) in [7, 11) is 0. The van der Waals surface area contributed by atoms with E-state index in [1.165, 1.54) is 19.1 Å². The van der Waals surface area contributed by atoms with E-state index >= 15 is 0 Å². The van der Waals surface area contributed by atoms with Gasteiger partial charge in [0.05, 0.1) is 22.6 Å². The van der Waals surface area contributed by atoms with Gasteiger partial charge < -0.3 is 22.3 Å². The Hall–Kier alpha value is -4.39. The molecule has 39 heavy (non-hydrogen) atoms. The normalized spacial score (nSPS) is 15.3. The van der Waals surface area contributed by atoms with Crippen LogP contribution in [0.4, 0.5) is 24.5 Å². The molecule has 2 heterocycles. The molecule has 1 aliphatic heterocycles. The van der Waals surface area contributed by atoms with Gasteiger partial charge in [-0.3, -0.25) is 14.4 Å². The van der Waals surface area contributed by atoms with Crippen LogP contribution in [0.3, 0.4) is 0 Å². The maximum absolute atomic E-state index is 13.5. The molecule has 0 saturated heterocycles. The fraction of sp³-hybridized carbons (Fsp3) is 0.154. The van der Waals surface area contributed by atoms with Gasteiger partial charge in [0.1, 0.15) is 11.6 Å². The SMILES string of the molecule is CC1=NN(c2ccccc2)C(=O)C1/C(=N\NC(=O)C[n+]1ccccc1)C(=O)Nc1ccccc1C(F)(F)F.[Br-]. The van der Waals surface area contributed by atoms with Gasteiger partial charge in [0.2, 0.25) is 6.54 Å². The van der Waals surface area contributed by atoms with Gasteiger partial charge in [-0.15, -0.1) is 0 Å². The van der Waals surface area contributed by atoms with E-state index in [1.807, 2.05) is 0 Å². The lowest BCUT2D eigenvalue weighted by molar-refractivity contribution is -0.684. The molecule has 9 nitrogen and oxygen atoms in total. The summed E-state index contributed by atoms with van der Waals surface area (Å²) < 4.78 is 42.1. The lowest BCUT2D eigenvalue weighted by Gasteiger charge is -2.17. The van der Waals surface area contributed by atoms with Crippen molar-refractivity contribution < 1.29 is 49.1 Å². The number of pyridine rings is 1. The first-order valence-electron chi connectivity index (χ1n) is 11.4. The zero-order chi connectivity index (χ0) is 27.3. The number of para-hydroxylation sites is 2. The molecule has 3 amide bonds. The molecule has 202 valence electrons. The zero-order valence-corrected chi connectivity index (χ0v) is 22.0. The summed E-state index contributed by atoms with van der Waals surface area (Å²) in [5.41, 5.74) is 0.710. The Labute approximate surface area is 231 Å². The van der Waals surface area contributed by atoms with Crippen molar-refractivity contribution in [1.29, 1.82) is 0 Å². The number of carbonyl (C=O) groups is 3. The summed E-state index contributed by atoms with van der Waals surface area (Å²) in [4.78, 5) is 39.1. The van der Waals surface area contributed by atoms with Gasteiger partial charge >= 0.3 is 12.1 Å². The maximum Gasteiger partial charge on any atom is 0.418 e. The number of halogens is 4. The van der Waals surface area contributed by atoms with E-state index in [2.05, 4.69) is 20.9 Å². The van der Waals surface area contributed by atoms with Crippen molar-refractivity contribution in [2.75, 3.05) is 10.3 Å². The summed E-state index contributed by atoms with van der Waals surface area (Å²) in [5.74, 6) is -3.73. The van der Waals surface area contributed by atoms with Crippen molar-refractivity contribution in [3.05, 3.63) is 90.8 Å². The number of nitrogens with one attached hydrogen (secondary N) is 2. The quantitative estimate of drug-likeness (QED) is 0.228. The number of nitrogens with zero attached hydrogens (tertiary/aromatic N) is 4. The van der Waals surface area contributed by atoms with Crippen molar-refractivity contribution in [2.24, 2.45) is 16.1 Å². The van der Waals surface area contributed by atoms with Crippen LogP contribution < -0.4 is 37.3 Å². The number of alkyl halides is 3. The van der Waals surface area contributed by atoms with E-state index < -0.39 is 46.8 Å². The lowest BCUT2D eigenvalue weighted by Crippen LogP contribution is -3.00. The molecule has 0 aliphatic carbocycles. The number of hydrogen-bond donors (Lipinski definition) is 2. The minimum Gasteiger partial charge on any atom is -1.00 e. The molecule has 0 radical (unpaired) electrons. The van der Waals surface area contributed by atoms with E-state index in [4.69, 9.17) is 0 Å². The highest BCUT2D eigenvalue weighted by Crippen LogP contribution is 2.34. The topological polar surface area (TPSA) is 107 Å². The number of carbonyl (C=O) groups excluding carboxylic acids is 3. The maximum atomic E-state index is 13.5. The van der Waals surface area contributed by atoms with Crippen LogP contribution in [0, 0.1) is 5.92 Å². The van der Waals surface area contributed by atoms with Crippen LogP contribution in [0.25, 0.3) is 0 Å². The summed E-state index contributed by atoms with van der Waals surface area (Å²) in [5, 5.41) is 11.4. The van der Waals surface area contributed by atoms with E-state index in [0.717, 1.165) is 17.1 Å². The number of amides is 3. The van der Waals surface area contributed by atoms with E-state index in [0.29, 0.717) is 5.69 Å². The van der Waals surface area contributed by atoms with Crippen molar-refractivity contribution in [3.63, 3.8) is 0 Å². The molecule has 0 spiro atoms. The fourth-order valence-electron chi connectivity index (χ4n) is 3.77. The highest BCUT2D eigenvalue weighted by Gasteiger charge is 2.42. The molecule has 4 rings (SSSR count). The van der Waals surface area contributed by atoms with Crippen LogP contribution in [-0.2, 0) is 27.1 Å². The van der Waals surface area contributed by atoms with Crippen LogP contribution >= 0.6 is 0 Å². The van der Waals surface area contributed by atoms with E-state index in [1.54, 1.807) is 65.5 Å². The highest BCUT2D eigenvalue weighted by molar-refractivity contribution is 6.52. The van der Waals surface area contributed by atoms with Gasteiger partial charge in [-0.05, 0) is 31.2 Å². The minimum absolute atomic E-state index is 0. The molecule has 3 aromatic rings. The molecule has 0 bridgehead atoms. The molecular weight excluding hydrogens is 581 g/mol. The first kappa shape index (κ1) is 29.2. The van der Waals surface area contributed by atoms with E-state index in [9.17, 15) is 27.6 Å². The Kier molecular flexibility index (Phi) is 9.30. The average molecular weight is 603 g/mol. The van der Waals surface area contributed by atoms with Gasteiger partial charge in [-0.25, -0.2) is 5.43 Å². The van der Waals surface area contributed by atoms with Crippen molar-refractivity contribution >= 4 is 40.5 Å². The van der Waals surface area contributed by atoms with Gasteiger partial charge in [0.25, 0.3) is 11.8 Å². The molecule has 0 saturated carbocycles. The van der Waals surface area contributed by atoms with Crippen molar-refractivity contribution in [2.45, 2.75) is 19.6 Å². The van der Waals surface area contributed by atoms with Gasteiger partial charge in [0.15, 0.2) is 12.4 Å². The zero-order valence-electron chi connectivity index (χ0n) is 20.4. The number of rotatable bonds is 7. The van der Waals surface area contributed by atoms with Crippen molar-refractivity contribution in [1.82, 2.24) is 5.43 Å². The average Bonchev–Trinajstić information content (AvgIpc) is 3.19. The second-order valence-corrected chi connectivity index (χ2v) is 8.24. The highest BCUT2D eigenvalue weighted by atomic mass is 79.9. The second-order valence-electron chi connectivity index (χ2n) is 8.24. The van der Waals surface area contributed by atoms with Crippen LogP contribution in [0.5, 0.6) is 0 Å². The van der Waals surface area contributed by atoms with Gasteiger partial charge in [0, 0.05) is 12.1 Å². The van der Waals surface area contributed by atoms with E-state index in [-0.39, 0.29) is 29.2 Å². The molecule has 2 aromatic carbocycles. The lowest BCUT2D eigenvalue weighted by atomic mass is 9.97. The fourth-order valence-corrected chi connectivity index (χ4v) is 3.77. The Balaban J connectivity index is 0.00000420. The predicted molar refractivity (Wildman–Crippen MR) is 133 cm³/mol. The minimum atomic E-state index is -4.74. The number of hydrazone groups is 2. The Morgan fingerprint density at radius 3 is 2.28 bits per heavy atom. The van der Waals surface area contributed by atoms with Crippen LogP contribution in [0.2, 0.25) is 0 Å². The van der Waals surface area contributed by atoms with Crippen molar-refractivity contribution in [3.8, 4) is 0 Å². The summed E-state index contributed by atoms with van der Waals surface area (Å²) in [6, 6.07) is 18.0. The molecule has 2 N–H and O–H groups in total. The molecule has 1 aromatic heterocycles. The van der Waals surface area contributed by atoms with Gasteiger partial charge in [-0.2, -0.15) is 33.0 Å². The predicted octanol–water partition coefficient (Wildman–Crippen LogP) is 0.147. The molecule has 13 heteroatoms. The first-order valence-corrected chi connectivity index (χ1v) is 11.4. The Morgan fingerprint density at radius 1 is 1.00 bits per heavy atom. The van der Waals surface area contributed by atoms with Crippen LogP contribution in [0.15, 0.2) is 95.4 Å². The first-order chi connectivity index (χ1) is 18.1.